The highest BCUT2D eigenvalue weighted by Gasteiger charge is 2.29. The lowest BCUT2D eigenvalue weighted by atomic mass is 10.1. The van der Waals surface area contributed by atoms with Crippen LogP contribution in [-0.2, 0) is 4.79 Å². The minimum absolute atomic E-state index is 0.00593. The Labute approximate surface area is 186 Å². The van der Waals surface area contributed by atoms with Crippen molar-refractivity contribution in [2.24, 2.45) is 5.10 Å². The highest BCUT2D eigenvalue weighted by atomic mass is 16.8. The van der Waals surface area contributed by atoms with Crippen LogP contribution in [0, 0.1) is 22.2 Å². The third kappa shape index (κ3) is 5.33. The summed E-state index contributed by atoms with van der Waals surface area (Å²) in [5, 5.41) is 30.5. The number of rotatable bonds is 9. The van der Waals surface area contributed by atoms with Crippen LogP contribution in [0.5, 0.6) is 17.2 Å². The van der Waals surface area contributed by atoms with Crippen molar-refractivity contribution in [1.29, 1.82) is 0 Å². The Morgan fingerprint density at radius 1 is 1.24 bits per heavy atom. The van der Waals surface area contributed by atoms with Gasteiger partial charge in [0.15, 0.2) is 18.1 Å². The van der Waals surface area contributed by atoms with Gasteiger partial charge in [-0.05, 0) is 34.7 Å². The first-order valence-electron chi connectivity index (χ1n) is 9.36. The highest BCUT2D eigenvalue weighted by molar-refractivity contribution is 5.83. The number of nitrogens with one attached hydrogen (secondary N) is 1. The molecule has 0 bridgehead atoms. The van der Waals surface area contributed by atoms with Gasteiger partial charge >= 0.3 is 0 Å². The molecule has 2 aromatic carbocycles. The van der Waals surface area contributed by atoms with Gasteiger partial charge in [0, 0.05) is 18.1 Å². The SMILES string of the molecule is COc1ccc(/C=N/NC(=O)COc2cc([N+](=O)[O-])c(-c3no[n+]([O-])c3C)cc2OC)cc1. The molecule has 0 aliphatic heterocycles. The predicted molar refractivity (Wildman–Crippen MR) is 113 cm³/mol. The molecule has 0 fully saturated rings. The Morgan fingerprint density at radius 3 is 2.55 bits per heavy atom. The lowest BCUT2D eigenvalue weighted by Crippen LogP contribution is -2.25. The summed E-state index contributed by atoms with van der Waals surface area (Å²) in [4.78, 5) is 23.1. The number of aromatic nitrogens is 2. The van der Waals surface area contributed by atoms with E-state index in [9.17, 15) is 20.1 Å². The number of hydrogen-bond acceptors (Lipinski definition) is 10. The number of nitro benzene ring substituents is 1. The quantitative estimate of drug-likeness (QED) is 0.218. The maximum atomic E-state index is 12.1. The van der Waals surface area contributed by atoms with Gasteiger partial charge < -0.3 is 19.4 Å². The summed E-state index contributed by atoms with van der Waals surface area (Å²) in [6, 6.07) is 9.34. The Morgan fingerprint density at radius 2 is 1.97 bits per heavy atom. The molecule has 0 radical (unpaired) electrons. The molecule has 3 rings (SSSR count). The molecule has 0 aliphatic carbocycles. The van der Waals surface area contributed by atoms with Gasteiger partial charge in [-0.15, -0.1) is 0 Å². The van der Waals surface area contributed by atoms with Crippen LogP contribution in [0.3, 0.4) is 0 Å². The van der Waals surface area contributed by atoms with Gasteiger partial charge in [-0.25, -0.2) is 5.43 Å². The fourth-order valence-electron chi connectivity index (χ4n) is 2.74. The first-order chi connectivity index (χ1) is 15.8. The number of carbonyl (C=O) groups excluding carboxylic acids is 1. The normalized spacial score (nSPS) is 10.8. The number of carbonyl (C=O) groups is 1. The Hall–Kier alpha value is -4.68. The second kappa shape index (κ2) is 10.1. The van der Waals surface area contributed by atoms with Crippen LogP contribution < -0.4 is 24.5 Å². The smallest absolute Gasteiger partial charge is 0.285 e. The molecule has 172 valence electrons. The molecule has 0 spiro atoms. The number of methoxy groups -OCH3 is 2. The van der Waals surface area contributed by atoms with Gasteiger partial charge in [-0.2, -0.15) is 5.10 Å². The van der Waals surface area contributed by atoms with Gasteiger partial charge in [0.25, 0.3) is 17.3 Å². The molecule has 1 aromatic heterocycles. The standard InChI is InChI=1S/C20H19N5O8/c1-12-20(23-33-25(12)29)15-8-17(31-3)18(9-16(15)24(27)28)32-11-19(26)22-21-10-13-4-6-14(30-2)7-5-13/h4-10H,11H2,1-3H3,(H,22,26)/b21-10+. The van der Waals surface area contributed by atoms with E-state index in [2.05, 4.69) is 20.3 Å². The Bertz CT molecular complexity index is 1190. The van der Waals surface area contributed by atoms with E-state index in [1.165, 1.54) is 26.3 Å². The van der Waals surface area contributed by atoms with Crippen LogP contribution in [-0.4, -0.2) is 43.0 Å². The van der Waals surface area contributed by atoms with E-state index in [-0.39, 0.29) is 33.4 Å². The minimum Gasteiger partial charge on any atom is -0.497 e. The number of nitrogens with zero attached hydrogens (tertiary/aromatic N) is 4. The van der Waals surface area contributed by atoms with E-state index in [1.54, 1.807) is 31.4 Å². The van der Waals surface area contributed by atoms with Crippen molar-refractivity contribution in [2.45, 2.75) is 6.92 Å². The van der Waals surface area contributed by atoms with Crippen molar-refractivity contribution in [2.75, 3.05) is 20.8 Å². The third-order valence-corrected chi connectivity index (χ3v) is 4.43. The first kappa shape index (κ1) is 23.0. The lowest BCUT2D eigenvalue weighted by molar-refractivity contribution is -0.806. The average Bonchev–Trinajstić information content (AvgIpc) is 3.15. The zero-order chi connectivity index (χ0) is 24.0. The lowest BCUT2D eigenvalue weighted by Gasteiger charge is -2.11. The minimum atomic E-state index is -0.676. The summed E-state index contributed by atoms with van der Waals surface area (Å²) in [5.74, 6) is 0.112. The molecule has 33 heavy (non-hydrogen) atoms. The van der Waals surface area contributed by atoms with E-state index >= 15 is 0 Å². The molecule has 13 nitrogen and oxygen atoms in total. The van der Waals surface area contributed by atoms with Crippen LogP contribution in [0.15, 0.2) is 46.1 Å². The largest absolute Gasteiger partial charge is 0.497 e. The van der Waals surface area contributed by atoms with E-state index in [1.807, 2.05) is 0 Å². The summed E-state index contributed by atoms with van der Waals surface area (Å²) in [7, 11) is 2.87. The predicted octanol–water partition coefficient (Wildman–Crippen LogP) is 1.74. The van der Waals surface area contributed by atoms with E-state index in [0.29, 0.717) is 5.75 Å². The summed E-state index contributed by atoms with van der Waals surface area (Å²) < 4.78 is 20.2. The molecule has 0 aliphatic rings. The van der Waals surface area contributed by atoms with Crippen molar-refractivity contribution < 1.29 is 33.5 Å². The second-order valence-electron chi connectivity index (χ2n) is 6.50. The molecule has 0 saturated heterocycles. The van der Waals surface area contributed by atoms with Crippen molar-refractivity contribution in [3.05, 3.63) is 63.0 Å². The van der Waals surface area contributed by atoms with Crippen LogP contribution in [0.4, 0.5) is 5.69 Å². The summed E-state index contributed by atoms with van der Waals surface area (Å²) in [6.07, 6.45) is 1.43. The highest BCUT2D eigenvalue weighted by Crippen LogP contribution is 2.39. The maximum Gasteiger partial charge on any atom is 0.285 e. The van der Waals surface area contributed by atoms with E-state index in [0.717, 1.165) is 11.6 Å². The van der Waals surface area contributed by atoms with Gasteiger partial charge in [-0.3, -0.25) is 19.5 Å². The monoisotopic (exact) mass is 457 g/mol. The summed E-state index contributed by atoms with van der Waals surface area (Å²) in [6.45, 7) is 0.909. The fraction of sp³-hybridized carbons (Fsp3) is 0.200. The number of ether oxygens (including phenoxy) is 3. The number of hydrazone groups is 1. The van der Waals surface area contributed by atoms with E-state index < -0.39 is 23.1 Å². The average molecular weight is 457 g/mol. The molecule has 3 aromatic rings. The third-order valence-electron chi connectivity index (χ3n) is 4.43. The number of benzene rings is 2. The molecule has 0 unspecified atom stereocenters. The molecule has 13 heteroatoms. The Kier molecular flexibility index (Phi) is 7.03. The van der Waals surface area contributed by atoms with Gasteiger partial charge in [-0.1, -0.05) is 0 Å². The Balaban J connectivity index is 1.72. The summed E-state index contributed by atoms with van der Waals surface area (Å²) in [5.41, 5.74) is 2.61. The molecular weight excluding hydrogens is 438 g/mol. The molecule has 1 amide bonds. The number of nitro groups is 1. The van der Waals surface area contributed by atoms with Crippen molar-refractivity contribution in [1.82, 2.24) is 10.6 Å². The molecule has 0 saturated carbocycles. The second-order valence-corrected chi connectivity index (χ2v) is 6.50. The van der Waals surface area contributed by atoms with Crippen LogP contribution in [0.2, 0.25) is 0 Å². The molecular formula is C20H19N5O8. The van der Waals surface area contributed by atoms with Gasteiger partial charge in [0.1, 0.15) is 11.3 Å². The van der Waals surface area contributed by atoms with E-state index in [4.69, 9.17) is 14.2 Å². The van der Waals surface area contributed by atoms with Crippen LogP contribution in [0.1, 0.15) is 11.3 Å². The van der Waals surface area contributed by atoms with Crippen molar-refractivity contribution >= 4 is 17.8 Å². The first-order valence-corrected chi connectivity index (χ1v) is 9.36. The van der Waals surface area contributed by atoms with Gasteiger partial charge in [0.05, 0.1) is 31.4 Å². The van der Waals surface area contributed by atoms with Crippen molar-refractivity contribution in [3.63, 3.8) is 0 Å². The van der Waals surface area contributed by atoms with Gasteiger partial charge in [0.2, 0.25) is 5.69 Å². The molecule has 1 heterocycles. The zero-order valence-corrected chi connectivity index (χ0v) is 17.8. The fourth-order valence-corrected chi connectivity index (χ4v) is 2.74. The number of hydrogen-bond donors (Lipinski definition) is 1. The zero-order valence-electron chi connectivity index (χ0n) is 17.8. The molecule has 1 N–H and O–H groups in total. The van der Waals surface area contributed by atoms with Crippen molar-refractivity contribution in [3.8, 4) is 28.5 Å². The maximum absolute atomic E-state index is 12.1. The van der Waals surface area contributed by atoms with Crippen LogP contribution >= 0.6 is 0 Å². The summed E-state index contributed by atoms with van der Waals surface area (Å²) >= 11 is 0. The topological polar surface area (TPSA) is 165 Å². The molecule has 0 atom stereocenters. The number of amides is 1. The van der Waals surface area contributed by atoms with Crippen LogP contribution in [0.25, 0.3) is 11.3 Å².